The van der Waals surface area contributed by atoms with Crippen LogP contribution in [0.5, 0.6) is 5.75 Å². The zero-order chi connectivity index (χ0) is 28.9. The number of para-hydroxylation sites is 2. The molecule has 1 N–H and O–H groups in total. The Morgan fingerprint density at radius 3 is 2.45 bits per heavy atom. The lowest BCUT2D eigenvalue weighted by Gasteiger charge is -2.30. The molecule has 2 saturated heterocycles. The van der Waals surface area contributed by atoms with Crippen molar-refractivity contribution in [1.29, 1.82) is 0 Å². The monoisotopic (exact) mass is 579 g/mol. The van der Waals surface area contributed by atoms with Crippen molar-refractivity contribution in [3.8, 4) is 5.75 Å². The van der Waals surface area contributed by atoms with E-state index in [0.29, 0.717) is 31.3 Å². The van der Waals surface area contributed by atoms with E-state index >= 15 is 0 Å². The number of thioether (sulfide) groups is 1. The molecule has 9 heteroatoms. The number of hydrogen-bond acceptors (Lipinski definition) is 7. The highest BCUT2D eigenvalue weighted by molar-refractivity contribution is 8.18. The summed E-state index contributed by atoms with van der Waals surface area (Å²) in [4.78, 5) is 41.9. The molecule has 0 radical (unpaired) electrons. The second kappa shape index (κ2) is 12.5. The minimum absolute atomic E-state index is 0.270. The number of nitrogens with one attached hydrogen (secondary N) is 1. The molecule has 8 nitrogen and oxygen atoms in total. The van der Waals surface area contributed by atoms with Crippen molar-refractivity contribution in [2.45, 2.75) is 6.61 Å². The first-order valence-corrected chi connectivity index (χ1v) is 14.5. The van der Waals surface area contributed by atoms with Crippen LogP contribution in [0.2, 0.25) is 0 Å². The van der Waals surface area contributed by atoms with Crippen LogP contribution in [0.1, 0.15) is 11.1 Å². The van der Waals surface area contributed by atoms with Crippen LogP contribution >= 0.6 is 11.8 Å². The fraction of sp³-hybridized carbons (Fsp3) is 0.182. The van der Waals surface area contributed by atoms with E-state index in [9.17, 15) is 14.4 Å². The largest absolute Gasteiger partial charge is 0.489 e. The van der Waals surface area contributed by atoms with Crippen LogP contribution in [-0.4, -0.2) is 54.8 Å². The van der Waals surface area contributed by atoms with Crippen molar-refractivity contribution in [1.82, 2.24) is 4.90 Å². The lowest BCUT2D eigenvalue weighted by Crippen LogP contribution is -2.38. The van der Waals surface area contributed by atoms with Gasteiger partial charge < -0.3 is 19.7 Å². The van der Waals surface area contributed by atoms with Crippen LogP contribution in [0.3, 0.4) is 0 Å². The van der Waals surface area contributed by atoms with E-state index in [-0.39, 0.29) is 11.4 Å². The first kappa shape index (κ1) is 27.6. The Hall–Kier alpha value is -4.60. The minimum Gasteiger partial charge on any atom is -0.489 e. The highest BCUT2D eigenvalue weighted by atomic mass is 32.2. The number of fused-ring (bicyclic) bond motifs is 1. The number of hydrogen-bond donors (Lipinski definition) is 1. The molecule has 0 aromatic heterocycles. The highest BCUT2D eigenvalue weighted by Gasteiger charge is 2.36. The molecule has 4 aromatic rings. The third-order valence-corrected chi connectivity index (χ3v) is 8.01. The van der Waals surface area contributed by atoms with Crippen molar-refractivity contribution in [2.24, 2.45) is 0 Å². The molecular weight excluding hydrogens is 550 g/mol. The molecule has 4 aromatic carbocycles. The Labute approximate surface area is 247 Å². The maximum atomic E-state index is 13.0. The fourth-order valence-corrected chi connectivity index (χ4v) is 5.77. The summed E-state index contributed by atoms with van der Waals surface area (Å²) >= 11 is 0.829. The predicted octanol–water partition coefficient (Wildman–Crippen LogP) is 5.93. The summed E-state index contributed by atoms with van der Waals surface area (Å²) in [5.41, 5.74) is 3.34. The average molecular weight is 580 g/mol. The number of carbonyl (C=O) groups excluding carboxylic acids is 3. The summed E-state index contributed by atoms with van der Waals surface area (Å²) in [6.45, 7) is 2.75. The smallest absolute Gasteiger partial charge is 0.294 e. The van der Waals surface area contributed by atoms with E-state index in [1.807, 2.05) is 60.7 Å². The maximum absolute atomic E-state index is 13.0. The van der Waals surface area contributed by atoms with Gasteiger partial charge in [0, 0.05) is 13.1 Å². The molecule has 0 atom stereocenters. The Morgan fingerprint density at radius 2 is 1.64 bits per heavy atom. The van der Waals surface area contributed by atoms with Gasteiger partial charge in [0.2, 0.25) is 5.91 Å². The molecule has 0 saturated carbocycles. The average Bonchev–Trinajstić information content (AvgIpc) is 3.28. The first-order chi connectivity index (χ1) is 20.5. The summed E-state index contributed by atoms with van der Waals surface area (Å²) in [7, 11) is 0. The molecule has 0 spiro atoms. The number of morpholine rings is 1. The molecule has 2 aliphatic heterocycles. The molecule has 3 amide bonds. The van der Waals surface area contributed by atoms with Gasteiger partial charge in [0.15, 0.2) is 0 Å². The molecule has 2 aliphatic rings. The third kappa shape index (κ3) is 6.32. The van der Waals surface area contributed by atoms with Crippen LogP contribution in [0.15, 0.2) is 95.9 Å². The van der Waals surface area contributed by atoms with Gasteiger partial charge in [0.1, 0.15) is 18.9 Å². The van der Waals surface area contributed by atoms with Crippen LogP contribution in [-0.2, 0) is 20.9 Å². The lowest BCUT2D eigenvalue weighted by molar-refractivity contribution is -0.127. The second-order valence-corrected chi connectivity index (χ2v) is 11.0. The third-order valence-electron chi connectivity index (χ3n) is 7.10. The molecule has 0 aliphatic carbocycles. The predicted molar refractivity (Wildman–Crippen MR) is 166 cm³/mol. The molecule has 0 unspecified atom stereocenters. The Bertz CT molecular complexity index is 1660. The molecule has 2 fully saturated rings. The number of benzene rings is 4. The van der Waals surface area contributed by atoms with E-state index in [1.54, 1.807) is 6.08 Å². The zero-order valence-electron chi connectivity index (χ0n) is 22.8. The molecular formula is C33H29N3O5S. The van der Waals surface area contributed by atoms with Crippen molar-refractivity contribution < 1.29 is 23.9 Å². The Balaban J connectivity index is 1.06. The van der Waals surface area contributed by atoms with E-state index in [0.717, 1.165) is 52.0 Å². The van der Waals surface area contributed by atoms with Crippen molar-refractivity contribution in [3.63, 3.8) is 0 Å². The SMILES string of the molecule is O=C(CN1C(=O)S/C(=C\c2ccc(OCc3ccc4ccccc4c3)cc2)C1=O)Nc1ccccc1N1CCOCC1. The Kier molecular flexibility index (Phi) is 8.21. The zero-order valence-corrected chi connectivity index (χ0v) is 23.6. The van der Waals surface area contributed by atoms with E-state index in [1.165, 1.54) is 5.39 Å². The van der Waals surface area contributed by atoms with Gasteiger partial charge in [0.05, 0.1) is 29.5 Å². The van der Waals surface area contributed by atoms with E-state index in [2.05, 4.69) is 40.5 Å². The van der Waals surface area contributed by atoms with Gasteiger partial charge in [-0.3, -0.25) is 19.3 Å². The molecule has 6 rings (SSSR count). The summed E-state index contributed by atoms with van der Waals surface area (Å²) < 4.78 is 11.4. The number of carbonyl (C=O) groups is 3. The lowest BCUT2D eigenvalue weighted by atomic mass is 10.1. The quantitative estimate of drug-likeness (QED) is 0.259. The van der Waals surface area contributed by atoms with Gasteiger partial charge in [-0.1, -0.05) is 60.7 Å². The van der Waals surface area contributed by atoms with Gasteiger partial charge in [-0.25, -0.2) is 0 Å². The van der Waals surface area contributed by atoms with Gasteiger partial charge >= 0.3 is 0 Å². The minimum atomic E-state index is -0.488. The van der Waals surface area contributed by atoms with Crippen LogP contribution in [0.25, 0.3) is 16.8 Å². The summed E-state index contributed by atoms with van der Waals surface area (Å²) in [5.74, 6) is -0.229. The molecule has 42 heavy (non-hydrogen) atoms. The van der Waals surface area contributed by atoms with Crippen molar-refractivity contribution >= 4 is 57.0 Å². The number of imide groups is 1. The number of anilines is 2. The molecule has 212 valence electrons. The van der Waals surface area contributed by atoms with Crippen LogP contribution in [0.4, 0.5) is 16.2 Å². The standard InChI is InChI=1S/C33H29N3O5S/c37-31(34-28-7-3-4-8-29(28)35-15-17-40-18-16-35)21-36-32(38)30(42-33(36)39)20-23-10-13-27(14-11-23)41-22-24-9-12-25-5-1-2-6-26(25)19-24/h1-14,19-20H,15-18,21-22H2,(H,34,37)/b30-20-. The van der Waals surface area contributed by atoms with Gasteiger partial charge in [0.25, 0.3) is 11.1 Å². The van der Waals surface area contributed by atoms with Crippen LogP contribution < -0.4 is 15.0 Å². The van der Waals surface area contributed by atoms with Crippen molar-refractivity contribution in [2.75, 3.05) is 43.1 Å². The Morgan fingerprint density at radius 1 is 0.905 bits per heavy atom. The van der Waals surface area contributed by atoms with Crippen molar-refractivity contribution in [3.05, 3.63) is 107 Å². The van der Waals surface area contributed by atoms with Gasteiger partial charge in [-0.2, -0.15) is 0 Å². The number of ether oxygens (including phenoxy) is 2. The first-order valence-electron chi connectivity index (χ1n) is 13.7. The topological polar surface area (TPSA) is 88.2 Å². The summed E-state index contributed by atoms with van der Waals surface area (Å²) in [6.07, 6.45) is 1.66. The van der Waals surface area contributed by atoms with E-state index < -0.39 is 17.1 Å². The number of nitrogens with zero attached hydrogens (tertiary/aromatic N) is 2. The van der Waals surface area contributed by atoms with Gasteiger partial charge in [-0.05, 0) is 70.1 Å². The second-order valence-electron chi connectivity index (χ2n) is 9.97. The summed E-state index contributed by atoms with van der Waals surface area (Å²) in [5, 5.41) is 4.74. The molecule has 2 heterocycles. The van der Waals surface area contributed by atoms with E-state index in [4.69, 9.17) is 9.47 Å². The maximum Gasteiger partial charge on any atom is 0.294 e. The molecule has 0 bridgehead atoms. The number of rotatable bonds is 8. The fourth-order valence-electron chi connectivity index (χ4n) is 4.94. The van der Waals surface area contributed by atoms with Gasteiger partial charge in [-0.15, -0.1) is 0 Å². The summed E-state index contributed by atoms with van der Waals surface area (Å²) in [6, 6.07) is 29.3. The number of amides is 3. The normalized spacial score (nSPS) is 16.3. The van der Waals surface area contributed by atoms with Crippen LogP contribution in [0, 0.1) is 0 Å². The highest BCUT2D eigenvalue weighted by Crippen LogP contribution is 2.33.